The summed E-state index contributed by atoms with van der Waals surface area (Å²) in [6, 6.07) is 30.4. The van der Waals surface area contributed by atoms with Crippen molar-refractivity contribution in [2.45, 2.75) is 33.1 Å². The number of rotatable bonds is 5. The van der Waals surface area contributed by atoms with Crippen LogP contribution < -0.4 is 0 Å². The molecule has 0 unspecified atom stereocenters. The summed E-state index contributed by atoms with van der Waals surface area (Å²) in [4.78, 5) is 13.1. The van der Waals surface area contributed by atoms with E-state index in [4.69, 9.17) is 4.74 Å². The van der Waals surface area contributed by atoms with Crippen LogP contribution in [-0.4, -0.2) is 12.6 Å². The van der Waals surface area contributed by atoms with Gasteiger partial charge in [-0.15, -0.1) is 0 Å². The highest BCUT2D eigenvalue weighted by Gasteiger charge is 2.19. The van der Waals surface area contributed by atoms with E-state index in [2.05, 4.69) is 91.9 Å². The molecule has 6 rings (SSSR count). The zero-order valence-electron chi connectivity index (χ0n) is 20.2. The third-order valence-electron chi connectivity index (χ3n) is 7.23. The Labute approximate surface area is 205 Å². The van der Waals surface area contributed by atoms with Crippen LogP contribution in [0.2, 0.25) is 0 Å². The number of benzene rings is 6. The molecule has 0 aromatic heterocycles. The predicted molar refractivity (Wildman–Crippen MR) is 149 cm³/mol. The highest BCUT2D eigenvalue weighted by molar-refractivity contribution is 6.35. The number of unbranched alkanes of at least 4 members (excludes halogenated alkanes) is 1. The molecule has 172 valence electrons. The maximum atomic E-state index is 13.1. The van der Waals surface area contributed by atoms with E-state index >= 15 is 0 Å². The molecule has 0 aliphatic rings. The number of ether oxygens (including phenoxy) is 1. The Hall–Kier alpha value is -3.91. The highest BCUT2D eigenvalue weighted by Crippen LogP contribution is 2.42. The second-order valence-electron chi connectivity index (χ2n) is 9.30. The van der Waals surface area contributed by atoms with Gasteiger partial charge in [-0.25, -0.2) is 4.79 Å². The zero-order chi connectivity index (χ0) is 23.9. The minimum Gasteiger partial charge on any atom is -0.462 e. The Morgan fingerprint density at radius 1 is 0.657 bits per heavy atom. The summed E-state index contributed by atoms with van der Waals surface area (Å²) in [6.07, 6.45) is 2.97. The van der Waals surface area contributed by atoms with Crippen LogP contribution in [0.1, 0.15) is 42.6 Å². The Kier molecular flexibility index (Phi) is 5.37. The third kappa shape index (κ3) is 3.44. The Morgan fingerprint density at radius 2 is 1.23 bits per heavy atom. The van der Waals surface area contributed by atoms with Gasteiger partial charge in [-0.05, 0) is 91.3 Å². The fourth-order valence-electron chi connectivity index (χ4n) is 5.60. The molecular weight excluding hydrogens is 428 g/mol. The molecule has 2 nitrogen and oxygen atoms in total. The smallest absolute Gasteiger partial charge is 0.338 e. The Morgan fingerprint density at radius 3 is 1.80 bits per heavy atom. The molecular formula is C33H28O2. The molecule has 0 radical (unpaired) electrons. The number of carbonyl (C=O) groups is 1. The highest BCUT2D eigenvalue weighted by atomic mass is 16.5. The first kappa shape index (κ1) is 21.6. The summed E-state index contributed by atoms with van der Waals surface area (Å²) < 4.78 is 5.52. The van der Waals surface area contributed by atoms with Crippen molar-refractivity contribution in [3.8, 4) is 0 Å². The van der Waals surface area contributed by atoms with E-state index in [1.54, 1.807) is 0 Å². The molecule has 0 heterocycles. The van der Waals surface area contributed by atoms with Crippen LogP contribution in [0, 0.1) is 0 Å². The first-order chi connectivity index (χ1) is 17.2. The van der Waals surface area contributed by atoms with Crippen molar-refractivity contribution in [3.63, 3.8) is 0 Å². The molecule has 6 aromatic carbocycles. The molecule has 0 fully saturated rings. The number of carbonyl (C=O) groups excluding carboxylic acids is 1. The van der Waals surface area contributed by atoms with Gasteiger partial charge in [0.25, 0.3) is 0 Å². The largest absolute Gasteiger partial charge is 0.462 e. The van der Waals surface area contributed by atoms with Gasteiger partial charge in [-0.1, -0.05) is 86.1 Å². The van der Waals surface area contributed by atoms with E-state index in [0.717, 1.165) is 30.2 Å². The summed E-state index contributed by atoms with van der Waals surface area (Å²) in [6.45, 7) is 4.43. The van der Waals surface area contributed by atoms with Gasteiger partial charge in [0.15, 0.2) is 0 Å². The lowest BCUT2D eigenvalue weighted by molar-refractivity contribution is 0.0525. The lowest BCUT2D eigenvalue weighted by Crippen LogP contribution is -2.08. The fraction of sp³-hybridized carbons (Fsp3) is 0.182. The molecule has 0 atom stereocenters. The minimum absolute atomic E-state index is 0.230. The van der Waals surface area contributed by atoms with Crippen LogP contribution in [0.15, 0.2) is 84.9 Å². The molecule has 0 aliphatic carbocycles. The van der Waals surface area contributed by atoms with E-state index < -0.39 is 0 Å². The Balaban J connectivity index is 1.88. The number of hydrogen-bond acceptors (Lipinski definition) is 2. The predicted octanol–water partition coefficient (Wildman–Crippen LogP) is 8.97. The van der Waals surface area contributed by atoms with E-state index in [9.17, 15) is 4.79 Å². The van der Waals surface area contributed by atoms with Crippen molar-refractivity contribution in [2.24, 2.45) is 0 Å². The second-order valence-corrected chi connectivity index (χ2v) is 9.30. The summed E-state index contributed by atoms with van der Waals surface area (Å²) >= 11 is 0. The summed E-state index contributed by atoms with van der Waals surface area (Å²) in [5.41, 5.74) is 1.77. The summed E-state index contributed by atoms with van der Waals surface area (Å²) in [7, 11) is 0. The van der Waals surface area contributed by atoms with Crippen LogP contribution in [0.4, 0.5) is 0 Å². The van der Waals surface area contributed by atoms with Crippen molar-refractivity contribution in [1.29, 1.82) is 0 Å². The van der Waals surface area contributed by atoms with E-state index in [-0.39, 0.29) is 5.97 Å². The monoisotopic (exact) mass is 456 g/mol. The van der Waals surface area contributed by atoms with Crippen LogP contribution in [-0.2, 0) is 11.2 Å². The topological polar surface area (TPSA) is 26.3 Å². The van der Waals surface area contributed by atoms with Gasteiger partial charge >= 0.3 is 5.97 Å². The van der Waals surface area contributed by atoms with Crippen molar-refractivity contribution >= 4 is 59.8 Å². The van der Waals surface area contributed by atoms with Crippen LogP contribution in [0.3, 0.4) is 0 Å². The summed E-state index contributed by atoms with van der Waals surface area (Å²) in [5.74, 6) is -0.230. The van der Waals surface area contributed by atoms with Crippen molar-refractivity contribution < 1.29 is 9.53 Å². The minimum atomic E-state index is -0.230. The maximum absolute atomic E-state index is 13.1. The first-order valence-corrected chi connectivity index (χ1v) is 12.6. The van der Waals surface area contributed by atoms with E-state index in [0.29, 0.717) is 12.2 Å². The average molecular weight is 457 g/mol. The van der Waals surface area contributed by atoms with E-state index in [1.165, 1.54) is 48.5 Å². The fourth-order valence-corrected chi connectivity index (χ4v) is 5.60. The first-order valence-electron chi connectivity index (χ1n) is 12.6. The molecule has 0 spiro atoms. The summed E-state index contributed by atoms with van der Waals surface area (Å²) in [5, 5.41) is 12.1. The SMILES string of the molecule is CCCCc1cc2c(cc1C(=O)OCC)c1c3ccccc3ccc1c1ccc3ccccc3c12. The normalized spacial score (nSPS) is 11.7. The quantitative estimate of drug-likeness (QED) is 0.191. The van der Waals surface area contributed by atoms with E-state index in [1.807, 2.05) is 6.92 Å². The molecule has 0 saturated heterocycles. The maximum Gasteiger partial charge on any atom is 0.338 e. The number of fused-ring (bicyclic) bond motifs is 10. The van der Waals surface area contributed by atoms with Crippen LogP contribution in [0.5, 0.6) is 0 Å². The molecule has 0 amide bonds. The number of aryl methyl sites for hydroxylation is 1. The van der Waals surface area contributed by atoms with Gasteiger partial charge in [-0.2, -0.15) is 0 Å². The van der Waals surface area contributed by atoms with Crippen molar-refractivity contribution in [2.75, 3.05) is 6.61 Å². The average Bonchev–Trinajstić information content (AvgIpc) is 2.90. The lowest BCUT2D eigenvalue weighted by Gasteiger charge is -2.18. The molecule has 0 aliphatic heterocycles. The van der Waals surface area contributed by atoms with Crippen molar-refractivity contribution in [1.82, 2.24) is 0 Å². The van der Waals surface area contributed by atoms with Gasteiger partial charge in [0.05, 0.1) is 12.2 Å². The molecule has 2 heteroatoms. The van der Waals surface area contributed by atoms with Crippen LogP contribution >= 0.6 is 0 Å². The van der Waals surface area contributed by atoms with Crippen LogP contribution in [0.25, 0.3) is 53.9 Å². The van der Waals surface area contributed by atoms with Gasteiger partial charge in [0.1, 0.15) is 0 Å². The van der Waals surface area contributed by atoms with Gasteiger partial charge in [-0.3, -0.25) is 0 Å². The second kappa shape index (κ2) is 8.70. The van der Waals surface area contributed by atoms with Crippen molar-refractivity contribution in [3.05, 3.63) is 96.1 Å². The van der Waals surface area contributed by atoms with Gasteiger partial charge in [0, 0.05) is 0 Å². The molecule has 6 aromatic rings. The van der Waals surface area contributed by atoms with Gasteiger partial charge < -0.3 is 4.74 Å². The standard InChI is InChI=1S/C33H28O2/c1-3-5-10-23-19-29-30(20-28(23)33(34)35-4-2)32-25-14-9-7-12-22(25)16-18-27(32)26-17-15-21-11-6-8-13-24(21)31(26)29/h6-9,11-20H,3-5,10H2,1-2H3. The third-order valence-corrected chi connectivity index (χ3v) is 7.23. The Bertz CT molecular complexity index is 1760. The molecule has 0 saturated carbocycles. The lowest BCUT2D eigenvalue weighted by atomic mass is 9.86. The van der Waals surface area contributed by atoms with Gasteiger partial charge in [0.2, 0.25) is 0 Å². The number of esters is 1. The molecule has 0 N–H and O–H groups in total. The molecule has 35 heavy (non-hydrogen) atoms. The molecule has 0 bridgehead atoms. The zero-order valence-corrected chi connectivity index (χ0v) is 20.2. The number of hydrogen-bond donors (Lipinski definition) is 0.